The van der Waals surface area contributed by atoms with E-state index in [2.05, 4.69) is 4.79 Å². The molecule has 1 heterocycles. The topological polar surface area (TPSA) is 62.7 Å². The largest absolute Gasteiger partial charge is 0.461 e. The zero-order valence-electron chi connectivity index (χ0n) is 6.23. The van der Waals surface area contributed by atoms with Crippen LogP contribution in [-0.2, 0) is 9.53 Å². The van der Waals surface area contributed by atoms with Crippen LogP contribution in [0.25, 0.3) is 5.53 Å². The number of fused-ring (bicyclic) bond motifs is 1. The fourth-order valence-corrected chi connectivity index (χ4v) is 1.30. The van der Waals surface area contributed by atoms with Gasteiger partial charge in [-0.2, -0.15) is 4.79 Å². The number of hydrogen-bond donors (Lipinski definition) is 0. The molecule has 60 valence electrons. The SMILES string of the molecule is [N-]=[N+]=C1C=CC2COC(=O)C2=C1. The Morgan fingerprint density at radius 3 is 3.25 bits per heavy atom. The highest BCUT2D eigenvalue weighted by Gasteiger charge is 2.32. The summed E-state index contributed by atoms with van der Waals surface area (Å²) in [6.07, 6.45) is 5.01. The first-order chi connectivity index (χ1) is 5.81. The zero-order chi connectivity index (χ0) is 8.55. The van der Waals surface area contributed by atoms with Gasteiger partial charge >= 0.3 is 11.7 Å². The number of carbonyl (C=O) groups is 1. The minimum absolute atomic E-state index is 0.0444. The lowest BCUT2D eigenvalue weighted by atomic mass is 9.96. The van der Waals surface area contributed by atoms with Gasteiger partial charge in [-0.25, -0.2) is 4.79 Å². The van der Waals surface area contributed by atoms with Crippen LogP contribution in [0.1, 0.15) is 0 Å². The summed E-state index contributed by atoms with van der Waals surface area (Å²) in [5, 5.41) is 0. The normalized spacial score (nSPS) is 26.0. The van der Waals surface area contributed by atoms with E-state index in [1.165, 1.54) is 0 Å². The van der Waals surface area contributed by atoms with Crippen molar-refractivity contribution in [3.05, 3.63) is 29.3 Å². The molecule has 0 radical (unpaired) electrons. The molecular weight excluding hydrogens is 156 g/mol. The van der Waals surface area contributed by atoms with Crippen molar-refractivity contribution in [1.29, 1.82) is 0 Å². The first-order valence-electron chi connectivity index (χ1n) is 3.60. The second-order valence-corrected chi connectivity index (χ2v) is 2.69. The van der Waals surface area contributed by atoms with Crippen LogP contribution in [0.4, 0.5) is 0 Å². The van der Waals surface area contributed by atoms with Gasteiger partial charge in [0, 0.05) is 18.1 Å². The second-order valence-electron chi connectivity index (χ2n) is 2.69. The molecule has 0 aromatic rings. The number of nitrogens with zero attached hydrogens (tertiary/aromatic N) is 2. The summed E-state index contributed by atoms with van der Waals surface area (Å²) in [6.45, 7) is 0.403. The standard InChI is InChI=1S/C8H6N2O2/c9-10-6-2-1-5-4-12-8(11)7(5)3-6/h1-3,5H,4H2. The number of allylic oxidation sites excluding steroid dienone is 2. The molecule has 1 atom stereocenters. The Morgan fingerprint density at radius 1 is 1.67 bits per heavy atom. The lowest BCUT2D eigenvalue weighted by Crippen LogP contribution is -2.08. The molecule has 1 unspecified atom stereocenters. The van der Waals surface area contributed by atoms with Gasteiger partial charge in [-0.3, -0.25) is 0 Å². The molecule has 1 aliphatic heterocycles. The monoisotopic (exact) mass is 162 g/mol. The van der Waals surface area contributed by atoms with E-state index in [-0.39, 0.29) is 11.9 Å². The van der Waals surface area contributed by atoms with Crippen molar-refractivity contribution in [3.63, 3.8) is 0 Å². The Hall–Kier alpha value is -1.67. The Bertz CT molecular complexity index is 348. The number of cyclic esters (lactones) is 1. The molecule has 0 amide bonds. The minimum Gasteiger partial charge on any atom is -0.461 e. The Labute approximate surface area is 68.8 Å². The van der Waals surface area contributed by atoms with Gasteiger partial charge < -0.3 is 10.3 Å². The molecule has 1 aliphatic carbocycles. The lowest BCUT2D eigenvalue weighted by molar-refractivity contribution is -0.135. The Kier molecular flexibility index (Phi) is 1.42. The van der Waals surface area contributed by atoms with Gasteiger partial charge in [0.05, 0.1) is 5.57 Å². The van der Waals surface area contributed by atoms with E-state index >= 15 is 0 Å². The molecule has 0 spiro atoms. The number of rotatable bonds is 0. The lowest BCUT2D eigenvalue weighted by Gasteiger charge is -2.01. The van der Waals surface area contributed by atoms with Gasteiger partial charge in [0.1, 0.15) is 6.61 Å². The van der Waals surface area contributed by atoms with Crippen LogP contribution in [0.5, 0.6) is 0 Å². The third-order valence-electron chi connectivity index (χ3n) is 1.95. The number of esters is 1. The van der Waals surface area contributed by atoms with Gasteiger partial charge in [0.2, 0.25) is 0 Å². The molecule has 1 saturated heterocycles. The molecule has 4 heteroatoms. The maximum atomic E-state index is 11.0. The van der Waals surface area contributed by atoms with E-state index in [1.807, 2.05) is 0 Å². The molecule has 12 heavy (non-hydrogen) atoms. The van der Waals surface area contributed by atoms with Crippen molar-refractivity contribution in [3.8, 4) is 0 Å². The summed E-state index contributed by atoms with van der Waals surface area (Å²) in [5.41, 5.74) is 9.40. The van der Waals surface area contributed by atoms with E-state index in [0.29, 0.717) is 17.9 Å². The minimum atomic E-state index is -0.314. The maximum Gasteiger partial charge on any atom is 0.335 e. The quantitative estimate of drug-likeness (QED) is 0.292. The fourth-order valence-electron chi connectivity index (χ4n) is 1.30. The highest BCUT2D eigenvalue weighted by molar-refractivity contribution is 6.08. The van der Waals surface area contributed by atoms with Gasteiger partial charge in [-0.05, 0) is 0 Å². The van der Waals surface area contributed by atoms with Crippen molar-refractivity contribution in [2.75, 3.05) is 6.61 Å². The first-order valence-corrected chi connectivity index (χ1v) is 3.60. The van der Waals surface area contributed by atoms with Crippen LogP contribution >= 0.6 is 0 Å². The van der Waals surface area contributed by atoms with E-state index in [0.717, 1.165) is 0 Å². The maximum absolute atomic E-state index is 11.0. The van der Waals surface area contributed by atoms with Gasteiger partial charge in [0.25, 0.3) is 0 Å². The van der Waals surface area contributed by atoms with Crippen molar-refractivity contribution < 1.29 is 14.3 Å². The molecule has 2 aliphatic rings. The molecule has 1 fully saturated rings. The average Bonchev–Trinajstić information content (AvgIpc) is 2.47. The smallest absolute Gasteiger partial charge is 0.335 e. The van der Waals surface area contributed by atoms with Gasteiger partial charge in [0.15, 0.2) is 0 Å². The molecule has 0 aromatic carbocycles. The number of hydrogen-bond acceptors (Lipinski definition) is 2. The highest BCUT2D eigenvalue weighted by Crippen LogP contribution is 2.25. The van der Waals surface area contributed by atoms with Crippen LogP contribution in [0.15, 0.2) is 23.8 Å². The Morgan fingerprint density at radius 2 is 2.50 bits per heavy atom. The zero-order valence-corrected chi connectivity index (χ0v) is 6.23. The molecule has 2 rings (SSSR count). The van der Waals surface area contributed by atoms with Crippen LogP contribution in [-0.4, -0.2) is 23.1 Å². The van der Waals surface area contributed by atoms with Crippen LogP contribution in [0.3, 0.4) is 0 Å². The van der Waals surface area contributed by atoms with Crippen LogP contribution in [0.2, 0.25) is 0 Å². The van der Waals surface area contributed by atoms with Gasteiger partial charge in [-0.15, -0.1) is 0 Å². The Balaban J connectivity index is 2.44. The van der Waals surface area contributed by atoms with Crippen LogP contribution < -0.4 is 0 Å². The molecule has 0 saturated carbocycles. The number of carbonyl (C=O) groups excluding carboxylic acids is 1. The summed E-state index contributed by atoms with van der Waals surface area (Å²) < 4.78 is 4.80. The van der Waals surface area contributed by atoms with Crippen molar-refractivity contribution in [2.24, 2.45) is 5.92 Å². The fraction of sp³-hybridized carbons (Fsp3) is 0.250. The highest BCUT2D eigenvalue weighted by atomic mass is 16.5. The van der Waals surface area contributed by atoms with E-state index in [4.69, 9.17) is 10.3 Å². The third-order valence-corrected chi connectivity index (χ3v) is 1.95. The second kappa shape index (κ2) is 2.43. The van der Waals surface area contributed by atoms with Gasteiger partial charge in [-0.1, -0.05) is 6.08 Å². The molecule has 4 nitrogen and oxygen atoms in total. The third kappa shape index (κ3) is 0.898. The summed E-state index contributed by atoms with van der Waals surface area (Å²) >= 11 is 0. The molecular formula is C8H6N2O2. The summed E-state index contributed by atoms with van der Waals surface area (Å²) in [7, 11) is 0. The van der Waals surface area contributed by atoms with Crippen molar-refractivity contribution in [1.82, 2.24) is 0 Å². The van der Waals surface area contributed by atoms with Crippen molar-refractivity contribution >= 4 is 11.7 Å². The molecule has 0 N–H and O–H groups in total. The number of ether oxygens (including phenoxy) is 1. The summed E-state index contributed by atoms with van der Waals surface area (Å²) in [4.78, 5) is 14.0. The van der Waals surface area contributed by atoms with Crippen molar-refractivity contribution in [2.45, 2.75) is 0 Å². The summed E-state index contributed by atoms with van der Waals surface area (Å²) in [6, 6.07) is 0. The predicted octanol–water partition coefficient (Wildman–Crippen LogP) is 0.326. The predicted molar refractivity (Wildman–Crippen MR) is 40.3 cm³/mol. The van der Waals surface area contributed by atoms with E-state index < -0.39 is 0 Å². The van der Waals surface area contributed by atoms with E-state index in [1.54, 1.807) is 18.2 Å². The van der Waals surface area contributed by atoms with Crippen LogP contribution in [0, 0.1) is 5.92 Å². The molecule has 0 aromatic heterocycles. The van der Waals surface area contributed by atoms with E-state index in [9.17, 15) is 4.79 Å². The average molecular weight is 162 g/mol. The first kappa shape index (κ1) is 7.00. The molecule has 0 bridgehead atoms. The summed E-state index contributed by atoms with van der Waals surface area (Å²) in [5.74, 6) is -0.270.